The molecule has 66 valence electrons. The number of oxime groups is 1. The van der Waals surface area contributed by atoms with E-state index in [1.807, 2.05) is 0 Å². The van der Waals surface area contributed by atoms with Crippen LogP contribution >= 0.6 is 0 Å². The molecule has 0 radical (unpaired) electrons. The number of fused-ring (bicyclic) bond motifs is 2. The van der Waals surface area contributed by atoms with Crippen molar-refractivity contribution in [3.63, 3.8) is 0 Å². The lowest BCUT2D eigenvalue weighted by Gasteiger charge is -2.39. The number of piperidine rings is 1. The molecule has 3 N–H and O–H groups in total. The summed E-state index contributed by atoms with van der Waals surface area (Å²) in [6.45, 7) is 2.10. The standard InChI is InChI=1S/C8H13N3O/c9-8(10-12)7-5-6-1-3-11(7)4-2-6/h5-6,12H,1-4H2,(H2,9,10). The van der Waals surface area contributed by atoms with Crippen LogP contribution in [0.1, 0.15) is 12.8 Å². The van der Waals surface area contributed by atoms with Crippen molar-refractivity contribution in [2.75, 3.05) is 13.1 Å². The highest BCUT2D eigenvalue weighted by molar-refractivity contribution is 5.96. The van der Waals surface area contributed by atoms with E-state index in [4.69, 9.17) is 10.9 Å². The van der Waals surface area contributed by atoms with E-state index in [-0.39, 0.29) is 5.84 Å². The van der Waals surface area contributed by atoms with Crippen molar-refractivity contribution in [2.24, 2.45) is 16.8 Å². The molecule has 12 heavy (non-hydrogen) atoms. The maximum Gasteiger partial charge on any atom is 0.186 e. The minimum absolute atomic E-state index is 0.249. The lowest BCUT2D eigenvalue weighted by atomic mass is 9.90. The van der Waals surface area contributed by atoms with Crippen LogP contribution in [-0.4, -0.2) is 29.0 Å². The van der Waals surface area contributed by atoms with Gasteiger partial charge in [-0.3, -0.25) is 0 Å². The Hall–Kier alpha value is -1.19. The summed E-state index contributed by atoms with van der Waals surface area (Å²) < 4.78 is 0. The number of nitrogens with zero attached hydrogens (tertiary/aromatic N) is 2. The Balaban J connectivity index is 2.26. The fourth-order valence-electron chi connectivity index (χ4n) is 1.93. The van der Waals surface area contributed by atoms with Crippen LogP contribution in [0, 0.1) is 5.92 Å². The molecule has 0 saturated carbocycles. The third-order valence-corrected chi connectivity index (χ3v) is 2.64. The highest BCUT2D eigenvalue weighted by Crippen LogP contribution is 2.28. The van der Waals surface area contributed by atoms with Crippen molar-refractivity contribution in [1.82, 2.24) is 4.90 Å². The van der Waals surface area contributed by atoms with Crippen molar-refractivity contribution >= 4 is 5.84 Å². The lowest BCUT2D eigenvalue weighted by Crippen LogP contribution is -2.42. The first-order chi connectivity index (χ1) is 5.81. The second-order valence-corrected chi connectivity index (χ2v) is 3.36. The molecule has 0 unspecified atom stereocenters. The molecule has 1 saturated heterocycles. The van der Waals surface area contributed by atoms with Crippen LogP contribution in [0.15, 0.2) is 16.9 Å². The Labute approximate surface area is 71.3 Å². The fourth-order valence-corrected chi connectivity index (χ4v) is 1.93. The maximum absolute atomic E-state index is 8.51. The van der Waals surface area contributed by atoms with Gasteiger partial charge in [0.2, 0.25) is 0 Å². The summed E-state index contributed by atoms with van der Waals surface area (Å²) in [7, 11) is 0. The van der Waals surface area contributed by atoms with E-state index >= 15 is 0 Å². The molecule has 0 aromatic carbocycles. The molecule has 0 atom stereocenters. The van der Waals surface area contributed by atoms with E-state index in [2.05, 4.69) is 16.1 Å². The summed E-state index contributed by atoms with van der Waals surface area (Å²) in [5.41, 5.74) is 6.44. The summed E-state index contributed by atoms with van der Waals surface area (Å²) in [5, 5.41) is 11.5. The van der Waals surface area contributed by atoms with E-state index < -0.39 is 0 Å². The van der Waals surface area contributed by atoms with Crippen LogP contribution in [0.3, 0.4) is 0 Å². The van der Waals surface area contributed by atoms with Gasteiger partial charge in [-0.15, -0.1) is 0 Å². The van der Waals surface area contributed by atoms with Crippen molar-refractivity contribution in [1.29, 1.82) is 0 Å². The first kappa shape index (κ1) is 7.46. The van der Waals surface area contributed by atoms with Crippen molar-refractivity contribution in [3.8, 4) is 0 Å². The van der Waals surface area contributed by atoms with Gasteiger partial charge in [-0.25, -0.2) is 0 Å². The summed E-state index contributed by atoms with van der Waals surface area (Å²) in [4.78, 5) is 2.18. The van der Waals surface area contributed by atoms with Crippen LogP contribution in [0.5, 0.6) is 0 Å². The first-order valence-corrected chi connectivity index (χ1v) is 4.26. The molecule has 3 rings (SSSR count). The smallest absolute Gasteiger partial charge is 0.186 e. The fraction of sp³-hybridized carbons (Fsp3) is 0.625. The predicted octanol–water partition coefficient (Wildman–Crippen LogP) is 0.342. The van der Waals surface area contributed by atoms with Gasteiger partial charge < -0.3 is 15.8 Å². The monoisotopic (exact) mass is 167 g/mol. The van der Waals surface area contributed by atoms with Crippen LogP contribution in [-0.2, 0) is 0 Å². The van der Waals surface area contributed by atoms with Crippen molar-refractivity contribution in [2.45, 2.75) is 12.8 Å². The molecule has 4 heteroatoms. The quantitative estimate of drug-likeness (QED) is 0.256. The van der Waals surface area contributed by atoms with Gasteiger partial charge in [0, 0.05) is 13.1 Å². The van der Waals surface area contributed by atoms with Gasteiger partial charge in [0.25, 0.3) is 0 Å². The van der Waals surface area contributed by atoms with Crippen LogP contribution in [0.2, 0.25) is 0 Å². The van der Waals surface area contributed by atoms with E-state index in [0.717, 1.165) is 18.8 Å². The maximum atomic E-state index is 8.51. The summed E-state index contributed by atoms with van der Waals surface area (Å²) >= 11 is 0. The Morgan fingerprint density at radius 3 is 2.67 bits per heavy atom. The highest BCUT2D eigenvalue weighted by Gasteiger charge is 2.27. The third-order valence-electron chi connectivity index (χ3n) is 2.64. The molecule has 3 aliphatic rings. The van der Waals surface area contributed by atoms with Crippen LogP contribution < -0.4 is 5.73 Å². The van der Waals surface area contributed by atoms with Gasteiger partial charge >= 0.3 is 0 Å². The first-order valence-electron chi connectivity index (χ1n) is 4.26. The number of nitrogens with two attached hydrogens (primary N) is 1. The summed E-state index contributed by atoms with van der Waals surface area (Å²) in [6.07, 6.45) is 4.53. The summed E-state index contributed by atoms with van der Waals surface area (Å²) in [5.74, 6) is 0.893. The van der Waals surface area contributed by atoms with E-state index in [9.17, 15) is 0 Å². The third kappa shape index (κ3) is 1.03. The average Bonchev–Trinajstić information content (AvgIpc) is 2.18. The molecule has 0 spiro atoms. The van der Waals surface area contributed by atoms with Crippen LogP contribution in [0.25, 0.3) is 0 Å². The number of rotatable bonds is 1. The number of allylic oxidation sites excluding steroid dienone is 1. The minimum Gasteiger partial charge on any atom is -0.409 e. The molecule has 0 aliphatic carbocycles. The molecule has 4 nitrogen and oxygen atoms in total. The molecule has 2 bridgehead atoms. The SMILES string of the molecule is NC(=NO)C1=CC2CCN1CC2. The Kier molecular flexibility index (Phi) is 1.67. The van der Waals surface area contributed by atoms with E-state index in [0.29, 0.717) is 5.92 Å². The van der Waals surface area contributed by atoms with Gasteiger partial charge in [0.05, 0.1) is 5.70 Å². The number of amidine groups is 1. The number of hydrogen-bond donors (Lipinski definition) is 2. The van der Waals surface area contributed by atoms with Gasteiger partial charge in [-0.2, -0.15) is 0 Å². The second kappa shape index (κ2) is 2.69. The largest absolute Gasteiger partial charge is 0.409 e. The zero-order valence-electron chi connectivity index (χ0n) is 6.90. The topological polar surface area (TPSA) is 61.9 Å². The average molecular weight is 167 g/mol. The van der Waals surface area contributed by atoms with Gasteiger partial charge in [0.1, 0.15) is 0 Å². The van der Waals surface area contributed by atoms with Crippen molar-refractivity contribution in [3.05, 3.63) is 11.8 Å². The van der Waals surface area contributed by atoms with E-state index in [1.54, 1.807) is 0 Å². The molecular formula is C8H13N3O. The highest BCUT2D eigenvalue weighted by atomic mass is 16.4. The second-order valence-electron chi connectivity index (χ2n) is 3.36. The van der Waals surface area contributed by atoms with Gasteiger partial charge in [-0.05, 0) is 18.8 Å². The Morgan fingerprint density at radius 2 is 2.25 bits per heavy atom. The zero-order chi connectivity index (χ0) is 8.55. The molecule has 3 heterocycles. The van der Waals surface area contributed by atoms with Crippen LogP contribution in [0.4, 0.5) is 0 Å². The molecule has 0 aromatic rings. The summed E-state index contributed by atoms with van der Waals surface area (Å²) in [6, 6.07) is 0. The normalized spacial score (nSPS) is 24.5. The minimum atomic E-state index is 0.249. The zero-order valence-corrected chi connectivity index (χ0v) is 6.90. The van der Waals surface area contributed by atoms with Gasteiger partial charge in [-0.1, -0.05) is 11.2 Å². The van der Waals surface area contributed by atoms with E-state index in [1.165, 1.54) is 12.8 Å². The lowest BCUT2D eigenvalue weighted by molar-refractivity contribution is 0.228. The molecule has 3 aliphatic heterocycles. The van der Waals surface area contributed by atoms with Gasteiger partial charge in [0.15, 0.2) is 5.84 Å². The predicted molar refractivity (Wildman–Crippen MR) is 45.8 cm³/mol. The molecule has 0 aromatic heterocycles. The van der Waals surface area contributed by atoms with Crippen molar-refractivity contribution < 1.29 is 5.21 Å². The molecular weight excluding hydrogens is 154 g/mol. The molecule has 0 amide bonds. The Morgan fingerprint density at radius 1 is 1.58 bits per heavy atom. The number of hydrogen-bond acceptors (Lipinski definition) is 3. The Bertz CT molecular complexity index is 239. The molecule has 1 fully saturated rings.